The molecule has 0 amide bonds. The summed E-state index contributed by atoms with van der Waals surface area (Å²) in [6, 6.07) is 10.6. The van der Waals surface area contributed by atoms with Crippen LogP contribution in [0.3, 0.4) is 0 Å². The molecule has 19 heavy (non-hydrogen) atoms. The second-order valence-corrected chi connectivity index (χ2v) is 5.49. The van der Waals surface area contributed by atoms with E-state index >= 15 is 0 Å². The lowest BCUT2D eigenvalue weighted by molar-refractivity contribution is 0.468. The molecule has 0 aliphatic heterocycles. The zero-order valence-corrected chi connectivity index (χ0v) is 11.7. The lowest BCUT2D eigenvalue weighted by atomic mass is 10.0. The second-order valence-electron chi connectivity index (χ2n) is 4.71. The van der Waals surface area contributed by atoms with Crippen molar-refractivity contribution in [3.8, 4) is 0 Å². The molecule has 2 N–H and O–H groups in total. The van der Waals surface area contributed by atoms with E-state index in [2.05, 4.69) is 39.4 Å². The average molecular weight is 271 g/mol. The zero-order valence-electron chi connectivity index (χ0n) is 10.9. The topological polar surface area (TPSA) is 43.8 Å². The highest BCUT2D eigenvalue weighted by Crippen LogP contribution is 2.28. The Morgan fingerprint density at radius 3 is 2.89 bits per heavy atom. The quantitative estimate of drug-likeness (QED) is 0.790. The summed E-state index contributed by atoms with van der Waals surface area (Å²) < 4.78 is 2.20. The molecule has 0 aliphatic rings. The van der Waals surface area contributed by atoms with Gasteiger partial charge in [0.1, 0.15) is 0 Å². The average Bonchev–Trinajstić information content (AvgIpc) is 3.09. The molecule has 3 aromatic rings. The Morgan fingerprint density at radius 2 is 2.16 bits per heavy atom. The largest absolute Gasteiger partial charge is 0.326 e. The number of para-hydroxylation sites is 2. The molecule has 2 atom stereocenters. The van der Waals surface area contributed by atoms with E-state index in [1.54, 1.807) is 11.3 Å². The number of aromatic nitrogens is 2. The van der Waals surface area contributed by atoms with Gasteiger partial charge < -0.3 is 10.3 Å². The van der Waals surface area contributed by atoms with Crippen LogP contribution < -0.4 is 5.73 Å². The number of hydrogen-bond acceptors (Lipinski definition) is 3. The van der Waals surface area contributed by atoms with Crippen LogP contribution in [-0.4, -0.2) is 15.6 Å². The van der Waals surface area contributed by atoms with E-state index in [9.17, 15) is 0 Å². The van der Waals surface area contributed by atoms with Gasteiger partial charge in [0, 0.05) is 6.04 Å². The van der Waals surface area contributed by atoms with Crippen molar-refractivity contribution in [2.24, 2.45) is 5.73 Å². The molecule has 0 aliphatic carbocycles. The number of benzene rings is 1. The minimum Gasteiger partial charge on any atom is -0.326 e. The number of rotatable bonds is 4. The SMILES string of the molecule is CCC(N)C(c1ccsc1)n1cnc2ccccc21. The molecule has 0 radical (unpaired) electrons. The molecule has 1 aromatic carbocycles. The van der Waals surface area contributed by atoms with Gasteiger partial charge in [0.15, 0.2) is 0 Å². The predicted octanol–water partition coefficient (Wildman–Crippen LogP) is 3.42. The van der Waals surface area contributed by atoms with Crippen LogP contribution in [0.25, 0.3) is 11.0 Å². The second kappa shape index (κ2) is 5.15. The van der Waals surface area contributed by atoms with Crippen molar-refractivity contribution in [3.63, 3.8) is 0 Å². The molecule has 4 heteroatoms. The summed E-state index contributed by atoms with van der Waals surface area (Å²) in [4.78, 5) is 4.48. The summed E-state index contributed by atoms with van der Waals surface area (Å²) >= 11 is 1.71. The molecule has 0 spiro atoms. The van der Waals surface area contributed by atoms with Gasteiger partial charge in [-0.05, 0) is 40.9 Å². The van der Waals surface area contributed by atoms with Gasteiger partial charge in [0.05, 0.1) is 23.4 Å². The van der Waals surface area contributed by atoms with E-state index in [1.807, 2.05) is 24.5 Å². The van der Waals surface area contributed by atoms with E-state index in [-0.39, 0.29) is 12.1 Å². The summed E-state index contributed by atoms with van der Waals surface area (Å²) in [5, 5.41) is 4.28. The molecule has 3 nitrogen and oxygen atoms in total. The lowest BCUT2D eigenvalue weighted by Gasteiger charge is -2.24. The van der Waals surface area contributed by atoms with Crippen molar-refractivity contribution in [2.45, 2.75) is 25.4 Å². The van der Waals surface area contributed by atoms with Crippen molar-refractivity contribution in [1.82, 2.24) is 9.55 Å². The van der Waals surface area contributed by atoms with Crippen molar-refractivity contribution < 1.29 is 0 Å². The maximum absolute atomic E-state index is 6.35. The normalized spacial score (nSPS) is 14.6. The highest BCUT2D eigenvalue weighted by Gasteiger charge is 2.22. The summed E-state index contributed by atoms with van der Waals surface area (Å²) in [6.45, 7) is 2.13. The van der Waals surface area contributed by atoms with E-state index in [0.29, 0.717) is 0 Å². The Morgan fingerprint density at radius 1 is 1.32 bits per heavy atom. The molecule has 3 rings (SSSR count). The third-order valence-corrected chi connectivity index (χ3v) is 4.24. The van der Waals surface area contributed by atoms with E-state index in [4.69, 9.17) is 5.73 Å². The fourth-order valence-electron chi connectivity index (χ4n) is 2.48. The zero-order chi connectivity index (χ0) is 13.2. The molecular formula is C15H17N3S. The third-order valence-electron chi connectivity index (χ3n) is 3.54. The smallest absolute Gasteiger partial charge is 0.0964 e. The Kier molecular flexibility index (Phi) is 3.36. The molecule has 2 aromatic heterocycles. The molecule has 0 bridgehead atoms. The van der Waals surface area contributed by atoms with Gasteiger partial charge >= 0.3 is 0 Å². The fraction of sp³-hybridized carbons (Fsp3) is 0.267. The molecule has 0 fully saturated rings. The van der Waals surface area contributed by atoms with Crippen LogP contribution in [-0.2, 0) is 0 Å². The summed E-state index contributed by atoms with van der Waals surface area (Å²) in [5.41, 5.74) is 9.77. The third kappa shape index (κ3) is 2.17. The molecule has 2 unspecified atom stereocenters. The number of thiophene rings is 1. The first-order valence-corrected chi connectivity index (χ1v) is 7.44. The highest BCUT2D eigenvalue weighted by atomic mass is 32.1. The van der Waals surface area contributed by atoms with Gasteiger partial charge in [0.25, 0.3) is 0 Å². The van der Waals surface area contributed by atoms with Crippen LogP contribution in [0.5, 0.6) is 0 Å². The standard InChI is InChI=1S/C15H17N3S/c1-2-12(16)15(11-7-8-19-9-11)18-10-17-13-5-3-4-6-14(13)18/h3-10,12,15H,2,16H2,1H3. The number of fused-ring (bicyclic) bond motifs is 1. The van der Waals surface area contributed by atoms with Crippen LogP contribution >= 0.6 is 11.3 Å². The summed E-state index contributed by atoms with van der Waals surface area (Å²) in [5.74, 6) is 0. The number of hydrogen-bond donors (Lipinski definition) is 1. The maximum Gasteiger partial charge on any atom is 0.0964 e. The lowest BCUT2D eigenvalue weighted by Crippen LogP contribution is -2.31. The predicted molar refractivity (Wildman–Crippen MR) is 80.5 cm³/mol. The molecule has 0 saturated heterocycles. The van der Waals surface area contributed by atoms with Crippen molar-refractivity contribution in [3.05, 3.63) is 53.0 Å². The summed E-state index contributed by atoms with van der Waals surface area (Å²) in [6.07, 6.45) is 2.84. The van der Waals surface area contributed by atoms with Gasteiger partial charge in [-0.2, -0.15) is 11.3 Å². The molecular weight excluding hydrogens is 254 g/mol. The highest BCUT2D eigenvalue weighted by molar-refractivity contribution is 7.08. The minimum absolute atomic E-state index is 0.0900. The van der Waals surface area contributed by atoms with Gasteiger partial charge in [-0.1, -0.05) is 19.1 Å². The fourth-order valence-corrected chi connectivity index (χ4v) is 3.17. The number of nitrogens with two attached hydrogens (primary N) is 1. The molecule has 98 valence electrons. The summed E-state index contributed by atoms with van der Waals surface area (Å²) in [7, 11) is 0. The van der Waals surface area contributed by atoms with E-state index in [0.717, 1.165) is 17.5 Å². The Balaban J connectivity index is 2.14. The Labute approximate surface area is 116 Å². The molecule has 0 saturated carbocycles. The van der Waals surface area contributed by atoms with E-state index < -0.39 is 0 Å². The first-order chi connectivity index (χ1) is 9.31. The van der Waals surface area contributed by atoms with Gasteiger partial charge in [-0.15, -0.1) is 0 Å². The number of imidazole rings is 1. The Hall–Kier alpha value is -1.65. The molecule has 2 heterocycles. The van der Waals surface area contributed by atoms with E-state index in [1.165, 1.54) is 5.56 Å². The van der Waals surface area contributed by atoms with Gasteiger partial charge in [-0.3, -0.25) is 0 Å². The van der Waals surface area contributed by atoms with Crippen molar-refractivity contribution in [2.75, 3.05) is 0 Å². The van der Waals surface area contributed by atoms with Crippen LogP contribution in [0.1, 0.15) is 24.9 Å². The van der Waals surface area contributed by atoms with Crippen LogP contribution in [0, 0.1) is 0 Å². The van der Waals surface area contributed by atoms with Crippen LogP contribution in [0.15, 0.2) is 47.4 Å². The maximum atomic E-state index is 6.35. The minimum atomic E-state index is 0.0900. The van der Waals surface area contributed by atoms with Crippen LogP contribution in [0.4, 0.5) is 0 Å². The first kappa shape index (κ1) is 12.4. The number of nitrogens with zero attached hydrogens (tertiary/aromatic N) is 2. The van der Waals surface area contributed by atoms with Crippen molar-refractivity contribution in [1.29, 1.82) is 0 Å². The first-order valence-electron chi connectivity index (χ1n) is 6.50. The monoisotopic (exact) mass is 271 g/mol. The van der Waals surface area contributed by atoms with Crippen molar-refractivity contribution >= 4 is 22.4 Å². The van der Waals surface area contributed by atoms with Gasteiger partial charge in [-0.25, -0.2) is 4.98 Å². The van der Waals surface area contributed by atoms with Gasteiger partial charge in [0.2, 0.25) is 0 Å². The van der Waals surface area contributed by atoms with Crippen LogP contribution in [0.2, 0.25) is 0 Å². The Bertz CT molecular complexity index is 657.